The number of nitrogens with two attached hydrogens (primary N) is 1. The summed E-state index contributed by atoms with van der Waals surface area (Å²) in [6, 6.07) is -1.03. The second kappa shape index (κ2) is 3.63. The molecule has 6 heteroatoms. The Morgan fingerprint density at radius 3 is 2.62 bits per heavy atom. The molecule has 1 aromatic rings. The summed E-state index contributed by atoms with van der Waals surface area (Å²) in [5, 5.41) is 2.03. The van der Waals surface area contributed by atoms with Gasteiger partial charge in [-0.25, -0.2) is 4.98 Å². The molecule has 2 nitrogen and oxygen atoms in total. The second-order valence-electron chi connectivity index (χ2n) is 2.75. The molecule has 0 aliphatic heterocycles. The summed E-state index contributed by atoms with van der Waals surface area (Å²) in [6.07, 6.45) is -5.24. The normalized spacial score (nSPS) is 14.5. The Balaban J connectivity index is 2.64. The third kappa shape index (κ3) is 3.31. The van der Waals surface area contributed by atoms with Crippen LogP contribution in [0.15, 0.2) is 5.38 Å². The van der Waals surface area contributed by atoms with Gasteiger partial charge in [0.15, 0.2) is 0 Å². The van der Waals surface area contributed by atoms with Gasteiger partial charge >= 0.3 is 6.18 Å². The molecule has 0 fully saturated rings. The number of rotatable bonds is 2. The van der Waals surface area contributed by atoms with Gasteiger partial charge in [0.05, 0.1) is 12.5 Å². The van der Waals surface area contributed by atoms with Crippen LogP contribution < -0.4 is 5.73 Å². The van der Waals surface area contributed by atoms with E-state index in [1.165, 1.54) is 0 Å². The highest BCUT2D eigenvalue weighted by Crippen LogP contribution is 2.29. The van der Waals surface area contributed by atoms with E-state index in [0.717, 1.165) is 11.3 Å². The fourth-order valence-corrected chi connectivity index (χ4v) is 1.68. The van der Waals surface area contributed by atoms with Gasteiger partial charge in [0.1, 0.15) is 5.01 Å². The number of halogens is 3. The molecule has 0 aromatic carbocycles. The maximum atomic E-state index is 11.9. The van der Waals surface area contributed by atoms with Crippen molar-refractivity contribution in [3.63, 3.8) is 0 Å². The van der Waals surface area contributed by atoms with E-state index in [1.807, 2.05) is 0 Å². The molecule has 0 saturated heterocycles. The molecule has 0 bridgehead atoms. The number of nitrogens with zero attached hydrogens (tertiary/aromatic N) is 1. The Morgan fingerprint density at radius 1 is 1.62 bits per heavy atom. The fourth-order valence-electron chi connectivity index (χ4n) is 0.879. The van der Waals surface area contributed by atoms with Crippen molar-refractivity contribution in [1.82, 2.24) is 4.98 Å². The molecule has 0 unspecified atom stereocenters. The number of hydrogen-bond donors (Lipinski definition) is 1. The zero-order valence-corrected chi connectivity index (χ0v) is 7.75. The van der Waals surface area contributed by atoms with E-state index in [0.29, 0.717) is 10.7 Å². The lowest BCUT2D eigenvalue weighted by atomic mass is 10.2. The first kappa shape index (κ1) is 10.5. The summed E-state index contributed by atoms with van der Waals surface area (Å²) in [5.74, 6) is 0. The highest BCUT2D eigenvalue weighted by molar-refractivity contribution is 7.09. The van der Waals surface area contributed by atoms with Crippen molar-refractivity contribution in [2.24, 2.45) is 5.73 Å². The lowest BCUT2D eigenvalue weighted by Gasteiger charge is -2.10. The average molecular weight is 210 g/mol. The molecule has 1 rings (SSSR count). The molecule has 0 saturated carbocycles. The Bertz CT molecular complexity index is 282. The second-order valence-corrected chi connectivity index (χ2v) is 3.64. The predicted molar refractivity (Wildman–Crippen MR) is 44.5 cm³/mol. The number of thiazole rings is 1. The topological polar surface area (TPSA) is 38.9 Å². The molecule has 74 valence electrons. The summed E-state index contributed by atoms with van der Waals surface area (Å²) >= 11 is 1.16. The van der Waals surface area contributed by atoms with Crippen LogP contribution in [0.4, 0.5) is 13.2 Å². The lowest BCUT2D eigenvalue weighted by Crippen LogP contribution is -2.20. The van der Waals surface area contributed by atoms with Crippen molar-refractivity contribution in [3.05, 3.63) is 16.1 Å². The molecule has 0 aliphatic rings. The van der Waals surface area contributed by atoms with Crippen LogP contribution in [0.3, 0.4) is 0 Å². The largest absolute Gasteiger partial charge is 0.391 e. The highest BCUT2D eigenvalue weighted by Gasteiger charge is 2.31. The van der Waals surface area contributed by atoms with Gasteiger partial charge in [-0.15, -0.1) is 11.3 Å². The molecule has 0 aliphatic carbocycles. The summed E-state index contributed by atoms with van der Waals surface area (Å²) in [5.41, 5.74) is 6.03. The molecule has 0 spiro atoms. The van der Waals surface area contributed by atoms with Crippen molar-refractivity contribution in [2.45, 2.75) is 25.6 Å². The first-order valence-corrected chi connectivity index (χ1v) is 4.51. The van der Waals surface area contributed by atoms with Gasteiger partial charge in [-0.2, -0.15) is 13.2 Å². The van der Waals surface area contributed by atoms with Crippen LogP contribution in [0.1, 0.15) is 23.2 Å². The van der Waals surface area contributed by atoms with Crippen LogP contribution in [-0.2, 0) is 0 Å². The fraction of sp³-hybridized carbons (Fsp3) is 0.571. The SMILES string of the molecule is Cc1csc([C@@H](N)CC(F)(F)F)n1. The van der Waals surface area contributed by atoms with Crippen molar-refractivity contribution in [3.8, 4) is 0 Å². The molecule has 1 atom stereocenters. The van der Waals surface area contributed by atoms with E-state index < -0.39 is 18.6 Å². The quantitative estimate of drug-likeness (QED) is 0.814. The van der Waals surface area contributed by atoms with Gasteiger partial charge in [-0.3, -0.25) is 0 Å². The standard InChI is InChI=1S/C7H9F3N2S/c1-4-3-13-6(12-4)5(11)2-7(8,9)10/h3,5H,2,11H2,1H3/t5-/m0/s1. The number of aromatic nitrogens is 1. The third-order valence-electron chi connectivity index (χ3n) is 1.41. The Labute approximate surface area is 77.6 Å². The zero-order valence-electron chi connectivity index (χ0n) is 6.93. The molecule has 2 N–H and O–H groups in total. The van der Waals surface area contributed by atoms with Crippen LogP contribution in [-0.4, -0.2) is 11.2 Å². The van der Waals surface area contributed by atoms with E-state index in [-0.39, 0.29) is 0 Å². The first-order valence-electron chi connectivity index (χ1n) is 3.63. The van der Waals surface area contributed by atoms with E-state index >= 15 is 0 Å². The number of hydrogen-bond acceptors (Lipinski definition) is 3. The predicted octanol–water partition coefficient (Wildman–Crippen LogP) is 2.40. The van der Waals surface area contributed by atoms with Crippen molar-refractivity contribution in [2.75, 3.05) is 0 Å². The van der Waals surface area contributed by atoms with Gasteiger partial charge in [-0.1, -0.05) is 0 Å². The van der Waals surface area contributed by atoms with E-state index in [9.17, 15) is 13.2 Å². The van der Waals surface area contributed by atoms with Crippen LogP contribution in [0.5, 0.6) is 0 Å². The average Bonchev–Trinajstić information content (AvgIpc) is 2.31. The zero-order chi connectivity index (χ0) is 10.1. The Morgan fingerprint density at radius 2 is 2.23 bits per heavy atom. The van der Waals surface area contributed by atoms with Gasteiger partial charge < -0.3 is 5.73 Å². The van der Waals surface area contributed by atoms with Crippen molar-refractivity contribution in [1.29, 1.82) is 0 Å². The van der Waals surface area contributed by atoms with Crippen LogP contribution in [0.25, 0.3) is 0 Å². The molecule has 1 heterocycles. The smallest absolute Gasteiger partial charge is 0.322 e. The summed E-state index contributed by atoms with van der Waals surface area (Å²) < 4.78 is 35.7. The molecule has 1 aromatic heterocycles. The van der Waals surface area contributed by atoms with Crippen molar-refractivity contribution < 1.29 is 13.2 Å². The van der Waals surface area contributed by atoms with Gasteiger partial charge in [-0.05, 0) is 6.92 Å². The van der Waals surface area contributed by atoms with E-state index in [1.54, 1.807) is 12.3 Å². The number of aryl methyl sites for hydroxylation is 1. The summed E-state index contributed by atoms with van der Waals surface area (Å²) in [6.45, 7) is 1.72. The van der Waals surface area contributed by atoms with Crippen LogP contribution in [0.2, 0.25) is 0 Å². The summed E-state index contributed by atoms with van der Waals surface area (Å²) in [4.78, 5) is 3.89. The maximum Gasteiger partial charge on any atom is 0.391 e. The monoisotopic (exact) mass is 210 g/mol. The molecule has 13 heavy (non-hydrogen) atoms. The Hall–Kier alpha value is -0.620. The van der Waals surface area contributed by atoms with Crippen molar-refractivity contribution >= 4 is 11.3 Å². The van der Waals surface area contributed by atoms with E-state index in [4.69, 9.17) is 5.73 Å². The summed E-state index contributed by atoms with van der Waals surface area (Å²) in [7, 11) is 0. The maximum absolute atomic E-state index is 11.9. The Kier molecular flexibility index (Phi) is 2.92. The molecule has 0 radical (unpaired) electrons. The number of alkyl halides is 3. The molecular formula is C7H9F3N2S. The van der Waals surface area contributed by atoms with Gasteiger partial charge in [0.2, 0.25) is 0 Å². The van der Waals surface area contributed by atoms with E-state index in [2.05, 4.69) is 4.98 Å². The molecule has 0 amide bonds. The van der Waals surface area contributed by atoms with Gasteiger partial charge in [0, 0.05) is 11.1 Å². The highest BCUT2D eigenvalue weighted by atomic mass is 32.1. The third-order valence-corrected chi connectivity index (χ3v) is 2.50. The van der Waals surface area contributed by atoms with Gasteiger partial charge in [0.25, 0.3) is 0 Å². The minimum absolute atomic E-state index is 0.342. The minimum Gasteiger partial charge on any atom is -0.322 e. The van der Waals surface area contributed by atoms with Crippen LogP contribution >= 0.6 is 11.3 Å². The van der Waals surface area contributed by atoms with Crippen LogP contribution in [0, 0.1) is 6.92 Å². The molecular weight excluding hydrogens is 201 g/mol. The minimum atomic E-state index is -4.22. The lowest BCUT2D eigenvalue weighted by molar-refractivity contribution is -0.138. The first-order chi connectivity index (χ1) is 5.88.